The van der Waals surface area contributed by atoms with Crippen molar-refractivity contribution < 1.29 is 14.6 Å². The summed E-state index contributed by atoms with van der Waals surface area (Å²) in [7, 11) is 4.06. The van der Waals surface area contributed by atoms with Gasteiger partial charge in [-0.05, 0) is 38.4 Å². The second-order valence-corrected chi connectivity index (χ2v) is 4.23. The maximum absolute atomic E-state index is 10.6. The summed E-state index contributed by atoms with van der Waals surface area (Å²) in [5.74, 6) is -0.235. The van der Waals surface area contributed by atoms with Gasteiger partial charge in [-0.2, -0.15) is 0 Å². The summed E-state index contributed by atoms with van der Waals surface area (Å²) >= 11 is 0. The molecule has 0 bridgehead atoms. The zero-order valence-corrected chi connectivity index (χ0v) is 10.8. The van der Waals surface area contributed by atoms with Gasteiger partial charge in [0.2, 0.25) is 0 Å². The van der Waals surface area contributed by atoms with Gasteiger partial charge in [-0.1, -0.05) is 0 Å². The van der Waals surface area contributed by atoms with Crippen molar-refractivity contribution in [3.63, 3.8) is 0 Å². The van der Waals surface area contributed by atoms with Crippen LogP contribution in [0.4, 0.5) is 0 Å². The molecule has 100 valence electrons. The summed E-state index contributed by atoms with van der Waals surface area (Å²) in [6.45, 7) is 3.26. The van der Waals surface area contributed by atoms with Crippen LogP contribution in [0.3, 0.4) is 0 Å². The minimum absolute atomic E-state index is 0.270. The Morgan fingerprint density at radius 1 is 1.28 bits per heavy atom. The monoisotopic (exact) mass is 252 g/mol. The zero-order chi connectivity index (χ0) is 13.4. The maximum Gasteiger partial charge on any atom is 0.335 e. The Morgan fingerprint density at radius 3 is 2.50 bits per heavy atom. The van der Waals surface area contributed by atoms with E-state index in [-0.39, 0.29) is 5.56 Å². The van der Waals surface area contributed by atoms with E-state index in [1.165, 1.54) is 12.1 Å². The van der Waals surface area contributed by atoms with E-state index >= 15 is 0 Å². The van der Waals surface area contributed by atoms with Gasteiger partial charge in [-0.3, -0.25) is 0 Å². The molecule has 0 saturated heterocycles. The van der Waals surface area contributed by atoms with E-state index in [1.807, 2.05) is 14.1 Å². The smallest absolute Gasteiger partial charge is 0.335 e. The Hall–Kier alpha value is -1.59. The number of nitrogens with one attached hydrogen (secondary N) is 1. The highest BCUT2D eigenvalue weighted by atomic mass is 16.5. The van der Waals surface area contributed by atoms with Crippen molar-refractivity contribution in [1.29, 1.82) is 0 Å². The number of aromatic carboxylic acids is 1. The number of hydrogen-bond acceptors (Lipinski definition) is 4. The highest BCUT2D eigenvalue weighted by Gasteiger charge is 2.01. The van der Waals surface area contributed by atoms with Gasteiger partial charge in [-0.15, -0.1) is 0 Å². The molecule has 0 fully saturated rings. The number of hydrogen-bond donors (Lipinski definition) is 2. The van der Waals surface area contributed by atoms with Crippen LogP contribution in [0.5, 0.6) is 5.75 Å². The number of nitrogens with zero attached hydrogens (tertiary/aromatic N) is 1. The number of rotatable bonds is 8. The lowest BCUT2D eigenvalue weighted by Gasteiger charge is -2.11. The molecule has 0 atom stereocenters. The van der Waals surface area contributed by atoms with Crippen LogP contribution >= 0.6 is 0 Å². The summed E-state index contributed by atoms with van der Waals surface area (Å²) in [6.07, 6.45) is 0. The van der Waals surface area contributed by atoms with Crippen molar-refractivity contribution in [1.82, 2.24) is 10.2 Å². The molecule has 0 amide bonds. The van der Waals surface area contributed by atoms with Crippen LogP contribution in [0.2, 0.25) is 0 Å². The molecule has 1 aromatic carbocycles. The van der Waals surface area contributed by atoms with Gasteiger partial charge in [0.1, 0.15) is 12.4 Å². The molecule has 0 aromatic heterocycles. The fourth-order valence-electron chi connectivity index (χ4n) is 1.36. The molecule has 0 spiro atoms. The molecule has 0 aliphatic rings. The Morgan fingerprint density at radius 2 is 1.94 bits per heavy atom. The minimum Gasteiger partial charge on any atom is -0.492 e. The predicted octanol–water partition coefficient (Wildman–Crippen LogP) is 0.915. The summed E-state index contributed by atoms with van der Waals surface area (Å²) in [5, 5.41) is 12.0. The lowest BCUT2D eigenvalue weighted by atomic mass is 10.2. The van der Waals surface area contributed by atoms with Crippen LogP contribution in [0.25, 0.3) is 0 Å². The van der Waals surface area contributed by atoms with Gasteiger partial charge in [-0.25, -0.2) is 4.79 Å². The third-order valence-electron chi connectivity index (χ3n) is 2.38. The third kappa shape index (κ3) is 5.65. The standard InChI is InChI=1S/C13H20N2O3/c1-15(2)9-7-14-8-10-18-12-5-3-11(4-6-12)13(16)17/h3-6,14H,7-10H2,1-2H3,(H,16,17). The summed E-state index contributed by atoms with van der Waals surface area (Å²) in [5.41, 5.74) is 0.270. The first kappa shape index (κ1) is 14.5. The first-order valence-corrected chi connectivity index (χ1v) is 5.91. The van der Waals surface area contributed by atoms with Crippen LogP contribution in [0.15, 0.2) is 24.3 Å². The average molecular weight is 252 g/mol. The van der Waals surface area contributed by atoms with Crippen molar-refractivity contribution in [2.24, 2.45) is 0 Å². The van der Waals surface area contributed by atoms with Gasteiger partial charge >= 0.3 is 5.97 Å². The highest BCUT2D eigenvalue weighted by molar-refractivity contribution is 5.87. The number of benzene rings is 1. The van der Waals surface area contributed by atoms with E-state index in [0.29, 0.717) is 12.4 Å². The first-order chi connectivity index (χ1) is 8.59. The van der Waals surface area contributed by atoms with Crippen molar-refractivity contribution in [2.75, 3.05) is 40.3 Å². The number of carboxylic acids is 1. The number of carboxylic acid groups (broad SMARTS) is 1. The van der Waals surface area contributed by atoms with Crippen LogP contribution < -0.4 is 10.1 Å². The second kappa shape index (κ2) is 7.68. The van der Waals surface area contributed by atoms with Gasteiger partial charge in [0, 0.05) is 19.6 Å². The fraction of sp³-hybridized carbons (Fsp3) is 0.462. The molecule has 1 rings (SSSR count). The van der Waals surface area contributed by atoms with Gasteiger partial charge in [0.05, 0.1) is 5.56 Å². The summed E-state index contributed by atoms with van der Waals surface area (Å²) in [4.78, 5) is 12.8. The Bertz CT molecular complexity index is 363. The highest BCUT2D eigenvalue weighted by Crippen LogP contribution is 2.11. The third-order valence-corrected chi connectivity index (χ3v) is 2.38. The molecule has 0 aliphatic heterocycles. The molecule has 0 saturated carbocycles. The molecule has 0 radical (unpaired) electrons. The first-order valence-electron chi connectivity index (χ1n) is 5.91. The van der Waals surface area contributed by atoms with Gasteiger partial charge < -0.3 is 20.1 Å². The van der Waals surface area contributed by atoms with E-state index in [0.717, 1.165) is 19.6 Å². The van der Waals surface area contributed by atoms with Crippen molar-refractivity contribution in [3.8, 4) is 5.75 Å². The molecule has 5 nitrogen and oxygen atoms in total. The Kier molecular flexibility index (Phi) is 6.18. The summed E-state index contributed by atoms with van der Waals surface area (Å²) < 4.78 is 5.48. The Balaban J connectivity index is 2.17. The molecule has 0 heterocycles. The van der Waals surface area contributed by atoms with Gasteiger partial charge in [0.25, 0.3) is 0 Å². The molecule has 0 unspecified atom stereocenters. The lowest BCUT2D eigenvalue weighted by molar-refractivity contribution is 0.0697. The predicted molar refractivity (Wildman–Crippen MR) is 70.3 cm³/mol. The molecular formula is C13H20N2O3. The molecule has 1 aromatic rings. The molecule has 2 N–H and O–H groups in total. The van der Waals surface area contributed by atoms with Crippen LogP contribution in [-0.2, 0) is 0 Å². The number of likely N-dealkylation sites (N-methyl/N-ethyl adjacent to an activating group) is 1. The van der Waals surface area contributed by atoms with Gasteiger partial charge in [0.15, 0.2) is 0 Å². The molecule has 5 heteroatoms. The number of ether oxygens (including phenoxy) is 1. The maximum atomic E-state index is 10.6. The minimum atomic E-state index is -0.924. The van der Waals surface area contributed by atoms with E-state index < -0.39 is 5.97 Å². The zero-order valence-electron chi connectivity index (χ0n) is 10.8. The van der Waals surface area contributed by atoms with E-state index in [2.05, 4.69) is 10.2 Å². The topological polar surface area (TPSA) is 61.8 Å². The van der Waals surface area contributed by atoms with Crippen molar-refractivity contribution >= 4 is 5.97 Å². The van der Waals surface area contributed by atoms with E-state index in [4.69, 9.17) is 9.84 Å². The molecular weight excluding hydrogens is 232 g/mol. The largest absolute Gasteiger partial charge is 0.492 e. The van der Waals surface area contributed by atoms with Crippen LogP contribution in [0.1, 0.15) is 10.4 Å². The normalized spacial score (nSPS) is 10.6. The second-order valence-electron chi connectivity index (χ2n) is 4.23. The average Bonchev–Trinajstić information content (AvgIpc) is 2.34. The van der Waals surface area contributed by atoms with Crippen molar-refractivity contribution in [3.05, 3.63) is 29.8 Å². The molecule has 0 aliphatic carbocycles. The quantitative estimate of drug-likeness (QED) is 0.674. The van der Waals surface area contributed by atoms with E-state index in [9.17, 15) is 4.79 Å². The van der Waals surface area contributed by atoms with Crippen molar-refractivity contribution in [2.45, 2.75) is 0 Å². The fourth-order valence-corrected chi connectivity index (χ4v) is 1.36. The summed E-state index contributed by atoms with van der Waals surface area (Å²) in [6, 6.07) is 6.42. The van der Waals surface area contributed by atoms with Crippen LogP contribution in [0, 0.1) is 0 Å². The molecule has 18 heavy (non-hydrogen) atoms. The van der Waals surface area contributed by atoms with E-state index in [1.54, 1.807) is 12.1 Å². The lowest BCUT2D eigenvalue weighted by Crippen LogP contribution is -2.29. The van der Waals surface area contributed by atoms with Crippen LogP contribution in [-0.4, -0.2) is 56.3 Å². The Labute approximate surface area is 107 Å². The number of carbonyl (C=O) groups is 1. The SMILES string of the molecule is CN(C)CCNCCOc1ccc(C(=O)O)cc1.